The van der Waals surface area contributed by atoms with Crippen LogP contribution in [-0.2, 0) is 9.53 Å². The molecule has 0 spiro atoms. The number of nitrogens with one attached hydrogen (secondary N) is 1. The molecule has 0 heterocycles. The molecule has 4 nitrogen and oxygen atoms in total. The van der Waals surface area contributed by atoms with E-state index in [4.69, 9.17) is 10.5 Å². The summed E-state index contributed by atoms with van der Waals surface area (Å²) in [7, 11) is 1.54. The number of rotatable bonds is 7. The van der Waals surface area contributed by atoms with Gasteiger partial charge in [0.15, 0.2) is 6.10 Å². The third-order valence-corrected chi connectivity index (χ3v) is 2.96. The summed E-state index contributed by atoms with van der Waals surface area (Å²) in [6, 6.07) is 9.46. The van der Waals surface area contributed by atoms with E-state index >= 15 is 0 Å². The van der Waals surface area contributed by atoms with Gasteiger partial charge in [0, 0.05) is 19.7 Å². The Morgan fingerprint density at radius 3 is 2.42 bits per heavy atom. The van der Waals surface area contributed by atoms with Gasteiger partial charge in [-0.25, -0.2) is 0 Å². The van der Waals surface area contributed by atoms with E-state index in [0.717, 1.165) is 12.0 Å². The van der Waals surface area contributed by atoms with Gasteiger partial charge in [-0.2, -0.15) is 0 Å². The van der Waals surface area contributed by atoms with Gasteiger partial charge < -0.3 is 15.8 Å². The van der Waals surface area contributed by atoms with E-state index in [0.29, 0.717) is 12.5 Å². The van der Waals surface area contributed by atoms with E-state index in [1.807, 2.05) is 30.3 Å². The molecular weight excluding hydrogens is 240 g/mol. The van der Waals surface area contributed by atoms with Crippen LogP contribution in [0, 0.1) is 5.92 Å². The third-order valence-electron chi connectivity index (χ3n) is 2.96. The fraction of sp³-hybridized carbons (Fsp3) is 0.533. The second-order valence-electron chi connectivity index (χ2n) is 5.10. The summed E-state index contributed by atoms with van der Waals surface area (Å²) in [5, 5.41) is 2.96. The van der Waals surface area contributed by atoms with Crippen LogP contribution < -0.4 is 11.1 Å². The van der Waals surface area contributed by atoms with Crippen molar-refractivity contribution in [2.75, 3.05) is 13.7 Å². The van der Waals surface area contributed by atoms with Crippen molar-refractivity contribution in [3.63, 3.8) is 0 Å². The molecule has 0 bridgehead atoms. The Bertz CT molecular complexity index is 379. The summed E-state index contributed by atoms with van der Waals surface area (Å²) in [4.78, 5) is 12.2. The highest BCUT2D eigenvalue weighted by atomic mass is 16.5. The lowest BCUT2D eigenvalue weighted by Gasteiger charge is -2.22. The van der Waals surface area contributed by atoms with Crippen LogP contribution in [0.3, 0.4) is 0 Å². The Morgan fingerprint density at radius 2 is 1.95 bits per heavy atom. The molecule has 0 aliphatic heterocycles. The summed E-state index contributed by atoms with van der Waals surface area (Å²) in [5.74, 6) is 0.358. The largest absolute Gasteiger partial charge is 0.367 e. The van der Waals surface area contributed by atoms with Crippen molar-refractivity contribution in [2.45, 2.75) is 32.4 Å². The highest BCUT2D eigenvalue weighted by Gasteiger charge is 2.22. The molecule has 19 heavy (non-hydrogen) atoms. The van der Waals surface area contributed by atoms with Gasteiger partial charge in [0.2, 0.25) is 0 Å². The lowest BCUT2D eigenvalue weighted by atomic mass is 10.0. The molecule has 1 amide bonds. The maximum Gasteiger partial charge on any atom is 0.254 e. The molecule has 4 heteroatoms. The van der Waals surface area contributed by atoms with Crippen LogP contribution in [0.25, 0.3) is 0 Å². The van der Waals surface area contributed by atoms with E-state index in [-0.39, 0.29) is 11.9 Å². The molecule has 0 saturated heterocycles. The standard InChI is InChI=1S/C15H24N2O2/c1-11(2)9-13(10-16)17-15(18)14(19-3)12-7-5-4-6-8-12/h4-8,11,13-14H,9-10,16H2,1-3H3,(H,17,18). The number of hydrogen-bond donors (Lipinski definition) is 2. The number of nitrogens with two attached hydrogens (primary N) is 1. The number of ether oxygens (including phenoxy) is 1. The second-order valence-corrected chi connectivity index (χ2v) is 5.10. The van der Waals surface area contributed by atoms with Crippen LogP contribution >= 0.6 is 0 Å². The van der Waals surface area contributed by atoms with Gasteiger partial charge in [0.05, 0.1) is 0 Å². The lowest BCUT2D eigenvalue weighted by Crippen LogP contribution is -2.43. The predicted octanol–water partition coefficient (Wildman–Crippen LogP) is 1.86. The van der Waals surface area contributed by atoms with E-state index in [1.165, 1.54) is 7.11 Å². The zero-order chi connectivity index (χ0) is 14.3. The number of amides is 1. The molecule has 0 radical (unpaired) electrons. The molecule has 1 aromatic rings. The molecular formula is C15H24N2O2. The first-order chi connectivity index (χ1) is 9.08. The van der Waals surface area contributed by atoms with Gasteiger partial charge in [-0.3, -0.25) is 4.79 Å². The minimum Gasteiger partial charge on any atom is -0.367 e. The Morgan fingerprint density at radius 1 is 1.32 bits per heavy atom. The molecule has 2 unspecified atom stereocenters. The van der Waals surface area contributed by atoms with Crippen LogP contribution in [0.2, 0.25) is 0 Å². The number of carbonyl (C=O) groups excluding carboxylic acids is 1. The Kier molecular flexibility index (Phi) is 6.53. The van der Waals surface area contributed by atoms with Gasteiger partial charge in [0.25, 0.3) is 5.91 Å². The fourth-order valence-corrected chi connectivity index (χ4v) is 2.08. The SMILES string of the molecule is COC(C(=O)NC(CN)CC(C)C)c1ccccc1. The molecule has 0 saturated carbocycles. The average Bonchev–Trinajstić information content (AvgIpc) is 2.39. The number of carbonyl (C=O) groups is 1. The maximum atomic E-state index is 12.2. The van der Waals surface area contributed by atoms with Crippen molar-refractivity contribution in [3.8, 4) is 0 Å². The lowest BCUT2D eigenvalue weighted by molar-refractivity contribution is -0.132. The summed E-state index contributed by atoms with van der Waals surface area (Å²) in [6.45, 7) is 4.66. The van der Waals surface area contributed by atoms with Crippen molar-refractivity contribution in [1.29, 1.82) is 0 Å². The molecule has 1 aromatic carbocycles. The number of benzene rings is 1. The molecule has 0 aromatic heterocycles. The fourth-order valence-electron chi connectivity index (χ4n) is 2.08. The quantitative estimate of drug-likeness (QED) is 0.790. The van der Waals surface area contributed by atoms with Crippen molar-refractivity contribution in [3.05, 3.63) is 35.9 Å². The second kappa shape index (κ2) is 7.92. The van der Waals surface area contributed by atoms with Crippen molar-refractivity contribution >= 4 is 5.91 Å². The zero-order valence-electron chi connectivity index (χ0n) is 11.9. The Labute approximate surface area is 115 Å². The van der Waals surface area contributed by atoms with E-state index in [9.17, 15) is 4.79 Å². The first-order valence-electron chi connectivity index (χ1n) is 6.66. The smallest absolute Gasteiger partial charge is 0.254 e. The molecule has 0 aliphatic rings. The normalized spacial score (nSPS) is 14.2. The van der Waals surface area contributed by atoms with Crippen LogP contribution in [0.1, 0.15) is 31.9 Å². The van der Waals surface area contributed by atoms with Crippen LogP contribution in [0.15, 0.2) is 30.3 Å². The highest BCUT2D eigenvalue weighted by molar-refractivity contribution is 5.82. The first kappa shape index (κ1) is 15.7. The average molecular weight is 264 g/mol. The van der Waals surface area contributed by atoms with E-state index < -0.39 is 6.10 Å². The topological polar surface area (TPSA) is 64.3 Å². The van der Waals surface area contributed by atoms with Gasteiger partial charge in [-0.1, -0.05) is 44.2 Å². The monoisotopic (exact) mass is 264 g/mol. The summed E-state index contributed by atoms with van der Waals surface area (Å²) in [5.41, 5.74) is 6.54. The minimum absolute atomic E-state index is 0.00568. The minimum atomic E-state index is -0.581. The van der Waals surface area contributed by atoms with Crippen molar-refractivity contribution in [1.82, 2.24) is 5.32 Å². The van der Waals surface area contributed by atoms with Crippen LogP contribution in [0.5, 0.6) is 0 Å². The zero-order valence-corrected chi connectivity index (χ0v) is 11.9. The Hall–Kier alpha value is -1.39. The highest BCUT2D eigenvalue weighted by Crippen LogP contribution is 2.17. The maximum absolute atomic E-state index is 12.2. The molecule has 106 valence electrons. The van der Waals surface area contributed by atoms with Gasteiger partial charge in [0.1, 0.15) is 0 Å². The molecule has 2 atom stereocenters. The first-order valence-corrected chi connectivity index (χ1v) is 6.66. The summed E-state index contributed by atoms with van der Waals surface area (Å²) < 4.78 is 5.30. The van der Waals surface area contributed by atoms with E-state index in [1.54, 1.807) is 0 Å². The molecule has 0 aliphatic carbocycles. The predicted molar refractivity (Wildman–Crippen MR) is 76.6 cm³/mol. The van der Waals surface area contributed by atoms with Gasteiger partial charge in [-0.15, -0.1) is 0 Å². The molecule has 1 rings (SSSR count). The number of hydrogen-bond acceptors (Lipinski definition) is 3. The number of methoxy groups -OCH3 is 1. The van der Waals surface area contributed by atoms with Gasteiger partial charge in [-0.05, 0) is 17.9 Å². The molecule has 3 N–H and O–H groups in total. The van der Waals surface area contributed by atoms with Crippen LogP contribution in [0.4, 0.5) is 0 Å². The summed E-state index contributed by atoms with van der Waals surface area (Å²) >= 11 is 0. The van der Waals surface area contributed by atoms with Crippen molar-refractivity contribution in [2.24, 2.45) is 11.7 Å². The molecule has 0 fully saturated rings. The third kappa shape index (κ3) is 5.01. The van der Waals surface area contributed by atoms with Gasteiger partial charge >= 0.3 is 0 Å². The van der Waals surface area contributed by atoms with Crippen LogP contribution in [-0.4, -0.2) is 25.6 Å². The summed E-state index contributed by atoms with van der Waals surface area (Å²) in [6.07, 6.45) is 0.287. The van der Waals surface area contributed by atoms with Crippen molar-refractivity contribution < 1.29 is 9.53 Å². The van der Waals surface area contributed by atoms with E-state index in [2.05, 4.69) is 19.2 Å². The Balaban J connectivity index is 2.69.